The number of carboxylic acid groups (broad SMARTS) is 1. The molecule has 80 valence electrons. The summed E-state index contributed by atoms with van der Waals surface area (Å²) in [6.07, 6.45) is 1.21. The number of phenolic OH excluding ortho intramolecular Hbond substituents is 1. The lowest BCUT2D eigenvalue weighted by molar-refractivity contribution is -0.140. The van der Waals surface area contributed by atoms with Crippen LogP contribution < -0.4 is 0 Å². The SMILES string of the molecule is Cc1ccc(C2(C(=O)O)CC2)c(O)c1Br. The molecule has 0 unspecified atom stereocenters. The average Bonchev–Trinajstić information content (AvgIpc) is 2.95. The van der Waals surface area contributed by atoms with E-state index in [9.17, 15) is 9.90 Å². The molecule has 0 amide bonds. The first-order chi connectivity index (χ1) is 6.99. The highest BCUT2D eigenvalue weighted by Gasteiger charge is 2.53. The van der Waals surface area contributed by atoms with E-state index in [0.717, 1.165) is 5.56 Å². The van der Waals surface area contributed by atoms with Crippen molar-refractivity contribution in [1.82, 2.24) is 0 Å². The molecule has 1 aliphatic carbocycles. The first-order valence-corrected chi connectivity index (χ1v) is 5.50. The molecule has 0 radical (unpaired) electrons. The summed E-state index contributed by atoms with van der Waals surface area (Å²) in [5, 5.41) is 19.0. The maximum Gasteiger partial charge on any atom is 0.314 e. The maximum atomic E-state index is 11.1. The van der Waals surface area contributed by atoms with Crippen LogP contribution in [-0.2, 0) is 10.2 Å². The van der Waals surface area contributed by atoms with Crippen LogP contribution in [0.25, 0.3) is 0 Å². The molecule has 0 aromatic heterocycles. The summed E-state index contributed by atoms with van der Waals surface area (Å²) in [4.78, 5) is 11.1. The molecule has 15 heavy (non-hydrogen) atoms. The Morgan fingerprint density at radius 1 is 1.47 bits per heavy atom. The van der Waals surface area contributed by atoms with Gasteiger partial charge in [-0.2, -0.15) is 0 Å². The summed E-state index contributed by atoms with van der Waals surface area (Å²) in [6.45, 7) is 1.86. The Bertz CT molecular complexity index is 436. The van der Waals surface area contributed by atoms with E-state index in [2.05, 4.69) is 15.9 Å². The summed E-state index contributed by atoms with van der Waals surface area (Å²) in [6, 6.07) is 3.53. The van der Waals surface area contributed by atoms with Crippen LogP contribution in [-0.4, -0.2) is 16.2 Å². The Kier molecular flexibility index (Phi) is 2.26. The number of halogens is 1. The number of hydrogen-bond acceptors (Lipinski definition) is 2. The van der Waals surface area contributed by atoms with Crippen LogP contribution >= 0.6 is 15.9 Å². The Morgan fingerprint density at radius 2 is 2.07 bits per heavy atom. The number of carboxylic acids is 1. The van der Waals surface area contributed by atoms with Crippen molar-refractivity contribution in [3.05, 3.63) is 27.7 Å². The summed E-state index contributed by atoms with van der Waals surface area (Å²) in [5.74, 6) is -0.788. The first kappa shape index (κ1) is 10.5. The first-order valence-electron chi connectivity index (χ1n) is 4.71. The predicted octanol–water partition coefficient (Wildman–Crippen LogP) is 2.58. The van der Waals surface area contributed by atoms with Crippen LogP contribution in [0.2, 0.25) is 0 Å². The number of aryl methyl sites for hydroxylation is 1. The lowest BCUT2D eigenvalue weighted by Crippen LogP contribution is -2.19. The highest BCUT2D eigenvalue weighted by atomic mass is 79.9. The molecule has 0 saturated heterocycles. The Morgan fingerprint density at radius 3 is 2.53 bits per heavy atom. The summed E-state index contributed by atoms with van der Waals surface area (Å²) in [7, 11) is 0. The molecule has 0 spiro atoms. The molecular weight excluding hydrogens is 260 g/mol. The predicted molar refractivity (Wildman–Crippen MR) is 59.1 cm³/mol. The van der Waals surface area contributed by atoms with Crippen molar-refractivity contribution >= 4 is 21.9 Å². The lowest BCUT2D eigenvalue weighted by atomic mass is 9.94. The minimum atomic E-state index is -0.853. The Hall–Kier alpha value is -1.03. The van der Waals surface area contributed by atoms with E-state index in [1.807, 2.05) is 13.0 Å². The monoisotopic (exact) mass is 270 g/mol. The van der Waals surface area contributed by atoms with Gasteiger partial charge in [0, 0.05) is 5.56 Å². The number of aliphatic carboxylic acids is 1. The fraction of sp³-hybridized carbons (Fsp3) is 0.364. The number of rotatable bonds is 2. The molecule has 0 bridgehead atoms. The van der Waals surface area contributed by atoms with E-state index in [1.165, 1.54) is 0 Å². The quantitative estimate of drug-likeness (QED) is 0.869. The number of phenols is 1. The van der Waals surface area contributed by atoms with Crippen molar-refractivity contribution in [2.24, 2.45) is 0 Å². The molecule has 2 N–H and O–H groups in total. The van der Waals surface area contributed by atoms with Gasteiger partial charge in [0.05, 0.1) is 9.89 Å². The third-order valence-corrected chi connectivity index (χ3v) is 3.99. The maximum absolute atomic E-state index is 11.1. The zero-order chi connectivity index (χ0) is 11.2. The van der Waals surface area contributed by atoms with Crippen LogP contribution in [0.5, 0.6) is 5.75 Å². The second-order valence-corrected chi connectivity index (χ2v) is 4.77. The fourth-order valence-electron chi connectivity index (χ4n) is 1.77. The molecule has 1 fully saturated rings. The van der Waals surface area contributed by atoms with Gasteiger partial charge in [0.25, 0.3) is 0 Å². The van der Waals surface area contributed by atoms with Crippen LogP contribution in [0.15, 0.2) is 16.6 Å². The number of carbonyl (C=O) groups is 1. The van der Waals surface area contributed by atoms with Gasteiger partial charge in [-0.1, -0.05) is 12.1 Å². The zero-order valence-electron chi connectivity index (χ0n) is 8.25. The van der Waals surface area contributed by atoms with E-state index in [1.54, 1.807) is 6.07 Å². The van der Waals surface area contributed by atoms with Gasteiger partial charge in [0.2, 0.25) is 0 Å². The van der Waals surface area contributed by atoms with E-state index < -0.39 is 11.4 Å². The zero-order valence-corrected chi connectivity index (χ0v) is 9.84. The minimum Gasteiger partial charge on any atom is -0.506 e. The second kappa shape index (κ2) is 3.23. The molecule has 2 rings (SSSR count). The van der Waals surface area contributed by atoms with E-state index in [-0.39, 0.29) is 5.75 Å². The van der Waals surface area contributed by atoms with Gasteiger partial charge in [0.15, 0.2) is 0 Å². The van der Waals surface area contributed by atoms with Crippen molar-refractivity contribution < 1.29 is 15.0 Å². The highest BCUT2D eigenvalue weighted by molar-refractivity contribution is 9.10. The van der Waals surface area contributed by atoms with E-state index in [4.69, 9.17) is 5.11 Å². The third kappa shape index (κ3) is 1.44. The number of hydrogen-bond donors (Lipinski definition) is 2. The molecule has 1 aromatic rings. The largest absolute Gasteiger partial charge is 0.506 e. The molecule has 4 heteroatoms. The van der Waals surface area contributed by atoms with Gasteiger partial charge in [-0.3, -0.25) is 4.79 Å². The summed E-state index contributed by atoms with van der Waals surface area (Å²) in [5.41, 5.74) is 0.574. The van der Waals surface area contributed by atoms with Gasteiger partial charge in [0.1, 0.15) is 5.75 Å². The smallest absolute Gasteiger partial charge is 0.314 e. The number of aromatic hydroxyl groups is 1. The van der Waals surface area contributed by atoms with Crippen LogP contribution in [0.3, 0.4) is 0 Å². The lowest BCUT2D eigenvalue weighted by Gasteiger charge is -2.14. The normalized spacial score (nSPS) is 17.5. The van der Waals surface area contributed by atoms with Crippen molar-refractivity contribution in [2.75, 3.05) is 0 Å². The minimum absolute atomic E-state index is 0.0647. The molecule has 0 heterocycles. The summed E-state index contributed by atoms with van der Waals surface area (Å²) >= 11 is 3.26. The van der Waals surface area contributed by atoms with Gasteiger partial charge < -0.3 is 10.2 Å². The van der Waals surface area contributed by atoms with Gasteiger partial charge in [-0.05, 0) is 41.3 Å². The van der Waals surface area contributed by atoms with Crippen LogP contribution in [0, 0.1) is 6.92 Å². The van der Waals surface area contributed by atoms with E-state index in [0.29, 0.717) is 22.9 Å². The molecule has 0 aliphatic heterocycles. The van der Waals surface area contributed by atoms with Gasteiger partial charge in [-0.25, -0.2) is 0 Å². The van der Waals surface area contributed by atoms with Crippen molar-refractivity contribution in [2.45, 2.75) is 25.2 Å². The topological polar surface area (TPSA) is 57.5 Å². The molecule has 0 atom stereocenters. The molecule has 1 aliphatic rings. The van der Waals surface area contributed by atoms with Crippen LogP contribution in [0.1, 0.15) is 24.0 Å². The van der Waals surface area contributed by atoms with E-state index >= 15 is 0 Å². The summed E-state index contributed by atoms with van der Waals surface area (Å²) < 4.78 is 0.590. The van der Waals surface area contributed by atoms with Crippen LogP contribution in [0.4, 0.5) is 0 Å². The molecule has 3 nitrogen and oxygen atoms in total. The average molecular weight is 271 g/mol. The van der Waals surface area contributed by atoms with Crippen molar-refractivity contribution in [3.63, 3.8) is 0 Å². The standard InChI is InChI=1S/C11H11BrO3/c1-6-2-3-7(9(13)8(6)12)11(4-5-11)10(14)15/h2-3,13H,4-5H2,1H3,(H,14,15). The second-order valence-electron chi connectivity index (χ2n) is 3.98. The number of benzene rings is 1. The Labute approximate surface area is 95.9 Å². The Balaban J connectivity index is 2.55. The third-order valence-electron chi connectivity index (χ3n) is 2.98. The highest BCUT2D eigenvalue weighted by Crippen LogP contribution is 2.52. The fourth-order valence-corrected chi connectivity index (χ4v) is 2.12. The van der Waals surface area contributed by atoms with Crippen molar-refractivity contribution in [1.29, 1.82) is 0 Å². The molecule has 1 aromatic carbocycles. The van der Waals surface area contributed by atoms with Gasteiger partial charge >= 0.3 is 5.97 Å². The van der Waals surface area contributed by atoms with Crippen molar-refractivity contribution in [3.8, 4) is 5.75 Å². The molecular formula is C11H11BrO3. The van der Waals surface area contributed by atoms with Gasteiger partial charge in [-0.15, -0.1) is 0 Å². The molecule has 1 saturated carbocycles.